The summed E-state index contributed by atoms with van der Waals surface area (Å²) in [5, 5.41) is 0. The fourth-order valence-corrected chi connectivity index (χ4v) is 4.97. The normalized spacial score (nSPS) is 16.3. The Hall–Kier alpha value is -3.84. The highest BCUT2D eigenvalue weighted by atomic mass is 32.2. The molecule has 2 N–H and O–H groups in total. The minimum atomic E-state index is -4.82. The predicted octanol–water partition coefficient (Wildman–Crippen LogP) is 4.11. The summed E-state index contributed by atoms with van der Waals surface area (Å²) in [7, 11) is -4.15. The van der Waals surface area contributed by atoms with Crippen molar-refractivity contribution >= 4 is 16.1 Å². The van der Waals surface area contributed by atoms with Gasteiger partial charge >= 0.3 is 12.5 Å². The molecule has 4 rings (SSSR count). The number of benzene rings is 2. The number of hydrogen-bond acceptors (Lipinski definition) is 7. The Bertz CT molecular complexity index is 1320. The second kappa shape index (κ2) is 9.43. The van der Waals surface area contributed by atoms with Crippen LogP contribution in [0, 0.1) is 0 Å². The van der Waals surface area contributed by atoms with Crippen molar-refractivity contribution in [2.45, 2.75) is 23.9 Å². The van der Waals surface area contributed by atoms with Crippen molar-refractivity contribution in [2.24, 2.45) is 5.73 Å². The maximum Gasteiger partial charge on any atom is 0.573 e. The van der Waals surface area contributed by atoms with Gasteiger partial charge in [-0.1, -0.05) is 24.3 Å². The highest BCUT2D eigenvalue weighted by Gasteiger charge is 2.39. The standard InChI is InChI=1S/C22H18F3N3O6S/c23-22(24,25)34-16-7-5-15(6-8-16)32-19-10-9-17(13-27-19)35(30,31)28-12-11-14-3-1-2-4-18(14)20(28)33-21(26)29/h1-10,13,20H,11-12H2,(H2,26,29)/t20-/m1/s1. The molecule has 184 valence electrons. The Labute approximate surface area is 197 Å². The number of primary amides is 1. The van der Waals surface area contributed by atoms with Crippen molar-refractivity contribution in [1.29, 1.82) is 0 Å². The van der Waals surface area contributed by atoms with E-state index in [0.29, 0.717) is 12.0 Å². The van der Waals surface area contributed by atoms with Gasteiger partial charge in [-0.3, -0.25) is 0 Å². The molecule has 0 bridgehead atoms. The lowest BCUT2D eigenvalue weighted by atomic mass is 10.00. The number of rotatable bonds is 6. The van der Waals surface area contributed by atoms with E-state index in [9.17, 15) is 26.4 Å². The molecular formula is C22H18F3N3O6S. The Morgan fingerprint density at radius 3 is 2.34 bits per heavy atom. The van der Waals surface area contributed by atoms with Crippen molar-refractivity contribution in [3.63, 3.8) is 0 Å². The summed E-state index contributed by atoms with van der Waals surface area (Å²) in [6.07, 6.45) is -5.72. The summed E-state index contributed by atoms with van der Waals surface area (Å²) in [5.74, 6) is -0.261. The van der Waals surface area contributed by atoms with Gasteiger partial charge in [0.15, 0.2) is 6.23 Å². The van der Waals surface area contributed by atoms with E-state index < -0.39 is 34.5 Å². The number of fused-ring (bicyclic) bond motifs is 1. The lowest BCUT2D eigenvalue weighted by Crippen LogP contribution is -2.42. The van der Waals surface area contributed by atoms with Crippen molar-refractivity contribution in [1.82, 2.24) is 9.29 Å². The second-order valence-electron chi connectivity index (χ2n) is 7.31. The number of ether oxygens (including phenoxy) is 3. The molecule has 0 unspecified atom stereocenters. The minimum Gasteiger partial charge on any atom is -0.439 e. The number of nitrogens with two attached hydrogens (primary N) is 1. The fraction of sp³-hybridized carbons (Fsp3) is 0.182. The first kappa shape index (κ1) is 24.3. The molecule has 1 atom stereocenters. The maximum absolute atomic E-state index is 13.3. The first-order chi connectivity index (χ1) is 16.5. The summed E-state index contributed by atoms with van der Waals surface area (Å²) in [4.78, 5) is 15.3. The first-order valence-corrected chi connectivity index (χ1v) is 11.5. The summed E-state index contributed by atoms with van der Waals surface area (Å²) >= 11 is 0. The molecule has 35 heavy (non-hydrogen) atoms. The molecule has 1 aromatic heterocycles. The van der Waals surface area contributed by atoms with E-state index in [-0.39, 0.29) is 23.1 Å². The number of carbonyl (C=O) groups is 1. The zero-order valence-electron chi connectivity index (χ0n) is 17.8. The van der Waals surface area contributed by atoms with Gasteiger partial charge in [-0.05, 0) is 42.3 Å². The van der Waals surface area contributed by atoms with Gasteiger partial charge in [0.25, 0.3) is 0 Å². The van der Waals surface area contributed by atoms with Gasteiger partial charge in [-0.2, -0.15) is 4.31 Å². The molecule has 0 spiro atoms. The van der Waals surface area contributed by atoms with Crippen molar-refractivity contribution in [3.8, 4) is 17.4 Å². The number of hydrogen-bond donors (Lipinski definition) is 1. The van der Waals surface area contributed by atoms with Crippen LogP contribution in [0.4, 0.5) is 18.0 Å². The molecule has 13 heteroatoms. The van der Waals surface area contributed by atoms with Crippen LogP contribution in [-0.2, 0) is 21.2 Å². The van der Waals surface area contributed by atoms with Crippen LogP contribution in [0.5, 0.6) is 17.4 Å². The van der Waals surface area contributed by atoms with Crippen LogP contribution in [0.1, 0.15) is 17.4 Å². The predicted molar refractivity (Wildman–Crippen MR) is 115 cm³/mol. The minimum absolute atomic E-state index is 0.00219. The number of alkyl halides is 3. The van der Waals surface area contributed by atoms with E-state index in [1.54, 1.807) is 18.2 Å². The Morgan fingerprint density at radius 2 is 1.71 bits per heavy atom. The molecule has 0 fully saturated rings. The molecule has 2 aromatic carbocycles. The van der Waals surface area contributed by atoms with Gasteiger partial charge in [-0.25, -0.2) is 18.2 Å². The van der Waals surface area contributed by atoms with Crippen LogP contribution < -0.4 is 15.2 Å². The van der Waals surface area contributed by atoms with Crippen molar-refractivity contribution in [2.75, 3.05) is 6.54 Å². The number of carbonyl (C=O) groups excluding carboxylic acids is 1. The van der Waals surface area contributed by atoms with Gasteiger partial charge in [-0.15, -0.1) is 13.2 Å². The van der Waals surface area contributed by atoms with Crippen molar-refractivity contribution < 1.29 is 40.6 Å². The number of aromatic nitrogens is 1. The third kappa shape index (κ3) is 5.63. The lowest BCUT2D eigenvalue weighted by Gasteiger charge is -2.34. The zero-order valence-corrected chi connectivity index (χ0v) is 18.6. The highest BCUT2D eigenvalue weighted by Crippen LogP contribution is 2.35. The molecule has 1 aliphatic rings. The molecule has 1 aliphatic heterocycles. The summed E-state index contributed by atoms with van der Waals surface area (Å²) in [6.45, 7) is 0.0435. The van der Waals surface area contributed by atoms with Crippen LogP contribution >= 0.6 is 0 Å². The molecule has 3 aromatic rings. The van der Waals surface area contributed by atoms with E-state index in [1.165, 1.54) is 24.3 Å². The lowest BCUT2D eigenvalue weighted by molar-refractivity contribution is -0.274. The topological polar surface area (TPSA) is 121 Å². The van der Waals surface area contributed by atoms with E-state index in [4.69, 9.17) is 15.2 Å². The molecular weight excluding hydrogens is 491 g/mol. The monoisotopic (exact) mass is 509 g/mol. The average Bonchev–Trinajstić information content (AvgIpc) is 2.79. The van der Waals surface area contributed by atoms with Crippen molar-refractivity contribution in [3.05, 3.63) is 78.0 Å². The van der Waals surface area contributed by atoms with Gasteiger partial charge in [0.05, 0.1) is 6.20 Å². The number of amides is 1. The first-order valence-electron chi connectivity index (χ1n) is 10.1. The second-order valence-corrected chi connectivity index (χ2v) is 9.20. The average molecular weight is 509 g/mol. The third-order valence-electron chi connectivity index (χ3n) is 5.01. The Morgan fingerprint density at radius 1 is 1.03 bits per heavy atom. The SMILES string of the molecule is NC(=O)O[C@@H]1c2ccccc2CCN1S(=O)(=O)c1ccc(Oc2ccc(OC(F)(F)F)cc2)nc1. The Kier molecular flexibility index (Phi) is 6.54. The third-order valence-corrected chi connectivity index (χ3v) is 6.84. The smallest absolute Gasteiger partial charge is 0.439 e. The molecule has 9 nitrogen and oxygen atoms in total. The number of pyridine rings is 1. The van der Waals surface area contributed by atoms with E-state index in [1.807, 2.05) is 6.07 Å². The van der Waals surface area contributed by atoms with Gasteiger partial charge in [0.1, 0.15) is 16.4 Å². The van der Waals surface area contributed by atoms with Crippen LogP contribution in [0.25, 0.3) is 0 Å². The van der Waals surface area contributed by atoms with Crippen LogP contribution in [0.2, 0.25) is 0 Å². The van der Waals surface area contributed by atoms with Gasteiger partial charge < -0.3 is 19.9 Å². The summed E-state index contributed by atoms with van der Waals surface area (Å²) in [6, 6.07) is 14.1. The highest BCUT2D eigenvalue weighted by molar-refractivity contribution is 7.89. The summed E-state index contributed by atoms with van der Waals surface area (Å²) < 4.78 is 78.9. The van der Waals surface area contributed by atoms with E-state index in [2.05, 4.69) is 9.72 Å². The number of halogens is 3. The van der Waals surface area contributed by atoms with Gasteiger partial charge in [0.2, 0.25) is 15.9 Å². The fourth-order valence-electron chi connectivity index (χ4n) is 3.53. The Balaban J connectivity index is 1.52. The molecule has 0 saturated heterocycles. The largest absolute Gasteiger partial charge is 0.573 e. The maximum atomic E-state index is 13.3. The molecule has 0 aliphatic carbocycles. The number of sulfonamides is 1. The molecule has 0 radical (unpaired) electrons. The molecule has 2 heterocycles. The molecule has 1 amide bonds. The van der Waals surface area contributed by atoms with E-state index >= 15 is 0 Å². The number of nitrogens with zero attached hydrogens (tertiary/aromatic N) is 2. The van der Waals surface area contributed by atoms with Crippen LogP contribution in [0.15, 0.2) is 71.8 Å². The quantitative estimate of drug-likeness (QED) is 0.531. The summed E-state index contributed by atoms with van der Waals surface area (Å²) in [5.41, 5.74) is 6.52. The van der Waals surface area contributed by atoms with E-state index in [0.717, 1.165) is 28.2 Å². The zero-order chi connectivity index (χ0) is 25.2. The van der Waals surface area contributed by atoms with Gasteiger partial charge in [0, 0.05) is 18.2 Å². The van der Waals surface area contributed by atoms with Crippen LogP contribution in [0.3, 0.4) is 0 Å². The van der Waals surface area contributed by atoms with Crippen LogP contribution in [-0.4, -0.2) is 36.7 Å². The molecule has 0 saturated carbocycles.